The molecule has 0 aliphatic rings. The lowest BCUT2D eigenvalue weighted by Crippen LogP contribution is -2.30. The van der Waals surface area contributed by atoms with Gasteiger partial charge in [0.2, 0.25) is 0 Å². The van der Waals surface area contributed by atoms with Crippen molar-refractivity contribution in [1.82, 2.24) is 0 Å². The summed E-state index contributed by atoms with van der Waals surface area (Å²) in [5.74, 6) is -0.897. The fourth-order valence-corrected chi connectivity index (χ4v) is 8.51. The molecule has 1 atom stereocenters. The quantitative estimate of drug-likeness (QED) is 0.0262. The highest BCUT2D eigenvalue weighted by atomic mass is 16.6. The van der Waals surface area contributed by atoms with Crippen molar-refractivity contribution in [2.45, 2.75) is 309 Å². The zero-order chi connectivity index (χ0) is 50.0. The van der Waals surface area contributed by atoms with E-state index in [1.54, 1.807) is 0 Å². The summed E-state index contributed by atoms with van der Waals surface area (Å²) in [6.07, 6.45) is 72.1. The smallest absolute Gasteiger partial charge is 0.306 e. The van der Waals surface area contributed by atoms with E-state index >= 15 is 0 Å². The molecule has 0 rings (SSSR count). The molecule has 6 nitrogen and oxygen atoms in total. The van der Waals surface area contributed by atoms with Gasteiger partial charge in [-0.15, -0.1) is 0 Å². The summed E-state index contributed by atoms with van der Waals surface area (Å²) in [5.41, 5.74) is 0. The number of rotatable bonds is 54. The number of ether oxygens (including phenoxy) is 3. The maximum absolute atomic E-state index is 12.9. The summed E-state index contributed by atoms with van der Waals surface area (Å²) in [4.78, 5) is 38.2. The molecule has 0 saturated heterocycles. The number of carbonyl (C=O) groups is 3. The standard InChI is InChI=1S/C63H112O6/c1-4-7-10-13-16-19-22-25-28-29-30-31-32-33-36-38-41-44-47-50-53-56-62(65)68-59-60(69-63(66)57-54-51-48-45-42-39-35-27-24-21-18-15-12-9-6-3)58-67-61(64)55-52-49-46-43-40-37-34-26-23-20-17-14-11-8-5-2/h8,11,17,20,25-28,34-35,60H,4-7,9-10,12-16,18-19,21-24,29-33,36-59H2,1-3H3/b11-8-,20-17-,28-25-,34-26-,35-27-/t60-/m1/s1. The van der Waals surface area contributed by atoms with Crippen LogP contribution in [0.3, 0.4) is 0 Å². The van der Waals surface area contributed by atoms with E-state index in [2.05, 4.69) is 81.5 Å². The normalized spacial score (nSPS) is 12.4. The molecule has 0 aromatic carbocycles. The van der Waals surface area contributed by atoms with Crippen LogP contribution in [0.15, 0.2) is 60.8 Å². The molecule has 0 N–H and O–H groups in total. The fraction of sp³-hybridized carbons (Fsp3) is 0.794. The summed E-state index contributed by atoms with van der Waals surface area (Å²) in [7, 11) is 0. The van der Waals surface area contributed by atoms with Gasteiger partial charge in [-0.05, 0) is 103 Å². The Morgan fingerprint density at radius 3 is 0.899 bits per heavy atom. The van der Waals surface area contributed by atoms with Gasteiger partial charge in [-0.3, -0.25) is 14.4 Å². The number of esters is 3. The molecule has 400 valence electrons. The van der Waals surface area contributed by atoms with E-state index in [1.807, 2.05) is 0 Å². The number of carbonyl (C=O) groups excluding carboxylic acids is 3. The van der Waals surface area contributed by atoms with Crippen molar-refractivity contribution in [2.75, 3.05) is 13.2 Å². The van der Waals surface area contributed by atoms with Crippen LogP contribution in [-0.2, 0) is 28.6 Å². The van der Waals surface area contributed by atoms with Crippen LogP contribution >= 0.6 is 0 Å². The van der Waals surface area contributed by atoms with Crippen molar-refractivity contribution < 1.29 is 28.6 Å². The third-order valence-electron chi connectivity index (χ3n) is 13.0. The number of unbranched alkanes of at least 4 members (excludes halogenated alkanes) is 33. The largest absolute Gasteiger partial charge is 0.462 e. The molecule has 0 radical (unpaired) electrons. The van der Waals surface area contributed by atoms with E-state index in [4.69, 9.17) is 14.2 Å². The predicted molar refractivity (Wildman–Crippen MR) is 298 cm³/mol. The summed E-state index contributed by atoms with van der Waals surface area (Å²) < 4.78 is 16.9. The first-order valence-corrected chi connectivity index (χ1v) is 29.8. The molecule has 0 aliphatic carbocycles. The van der Waals surface area contributed by atoms with Crippen LogP contribution in [0.2, 0.25) is 0 Å². The van der Waals surface area contributed by atoms with Crippen LogP contribution in [0.1, 0.15) is 303 Å². The Balaban J connectivity index is 4.35. The van der Waals surface area contributed by atoms with E-state index in [0.717, 1.165) is 109 Å². The maximum atomic E-state index is 12.9. The monoisotopic (exact) mass is 965 g/mol. The Morgan fingerprint density at radius 2 is 0.565 bits per heavy atom. The number of hydrogen-bond acceptors (Lipinski definition) is 6. The molecule has 0 saturated carbocycles. The Hall–Kier alpha value is -2.89. The van der Waals surface area contributed by atoms with E-state index in [9.17, 15) is 14.4 Å². The fourth-order valence-electron chi connectivity index (χ4n) is 8.51. The number of allylic oxidation sites excluding steroid dienone is 10. The Kier molecular flexibility index (Phi) is 55.3. The molecule has 0 heterocycles. The van der Waals surface area contributed by atoms with Gasteiger partial charge in [0.1, 0.15) is 13.2 Å². The van der Waals surface area contributed by atoms with Gasteiger partial charge in [-0.2, -0.15) is 0 Å². The predicted octanol–water partition coefficient (Wildman–Crippen LogP) is 20.0. The lowest BCUT2D eigenvalue weighted by Gasteiger charge is -2.18. The van der Waals surface area contributed by atoms with Crippen molar-refractivity contribution in [3.8, 4) is 0 Å². The average molecular weight is 966 g/mol. The molecular weight excluding hydrogens is 853 g/mol. The van der Waals surface area contributed by atoms with E-state index < -0.39 is 6.10 Å². The van der Waals surface area contributed by atoms with Crippen molar-refractivity contribution in [3.05, 3.63) is 60.8 Å². The summed E-state index contributed by atoms with van der Waals surface area (Å²) in [6.45, 7) is 6.53. The Labute approximate surface area is 428 Å². The first-order chi connectivity index (χ1) is 34.0. The minimum Gasteiger partial charge on any atom is -0.462 e. The van der Waals surface area contributed by atoms with E-state index in [1.165, 1.54) is 154 Å². The van der Waals surface area contributed by atoms with Crippen LogP contribution < -0.4 is 0 Å². The van der Waals surface area contributed by atoms with Gasteiger partial charge < -0.3 is 14.2 Å². The highest BCUT2D eigenvalue weighted by Crippen LogP contribution is 2.16. The second kappa shape index (κ2) is 57.7. The molecule has 0 amide bonds. The summed E-state index contributed by atoms with van der Waals surface area (Å²) in [5, 5.41) is 0. The van der Waals surface area contributed by atoms with Crippen molar-refractivity contribution in [3.63, 3.8) is 0 Å². The van der Waals surface area contributed by atoms with Crippen LogP contribution in [0, 0.1) is 0 Å². The van der Waals surface area contributed by atoms with Crippen LogP contribution in [0.4, 0.5) is 0 Å². The topological polar surface area (TPSA) is 78.9 Å². The van der Waals surface area contributed by atoms with Gasteiger partial charge >= 0.3 is 17.9 Å². The lowest BCUT2D eigenvalue weighted by atomic mass is 10.0. The van der Waals surface area contributed by atoms with Crippen LogP contribution in [0.25, 0.3) is 0 Å². The van der Waals surface area contributed by atoms with Gasteiger partial charge in [0, 0.05) is 19.3 Å². The second-order valence-corrected chi connectivity index (χ2v) is 19.9. The van der Waals surface area contributed by atoms with Gasteiger partial charge in [-0.25, -0.2) is 0 Å². The first kappa shape index (κ1) is 66.1. The Bertz CT molecular complexity index is 1250. The SMILES string of the molecule is CC/C=C\C/C=C\C/C=C\CCCCCCCC(=O)OC[C@H](COC(=O)CCCCCCCCCCCCC/C=C\CCCCCCCC)OC(=O)CCCCCCC/C=C\CCCCCCCC. The van der Waals surface area contributed by atoms with Crippen molar-refractivity contribution in [1.29, 1.82) is 0 Å². The van der Waals surface area contributed by atoms with E-state index in [0.29, 0.717) is 19.3 Å². The van der Waals surface area contributed by atoms with Crippen molar-refractivity contribution in [2.24, 2.45) is 0 Å². The minimum atomic E-state index is -0.786. The van der Waals surface area contributed by atoms with E-state index in [-0.39, 0.29) is 31.1 Å². The molecule has 0 bridgehead atoms. The molecule has 69 heavy (non-hydrogen) atoms. The summed E-state index contributed by atoms with van der Waals surface area (Å²) in [6, 6.07) is 0. The molecule has 0 unspecified atom stereocenters. The molecule has 0 aromatic heterocycles. The molecule has 0 aromatic rings. The van der Waals surface area contributed by atoms with Gasteiger partial charge in [-0.1, -0.05) is 242 Å². The zero-order valence-corrected chi connectivity index (χ0v) is 45.8. The van der Waals surface area contributed by atoms with Crippen molar-refractivity contribution >= 4 is 17.9 Å². The maximum Gasteiger partial charge on any atom is 0.306 e. The van der Waals surface area contributed by atoms with Gasteiger partial charge in [0.25, 0.3) is 0 Å². The Morgan fingerprint density at radius 1 is 0.304 bits per heavy atom. The first-order valence-electron chi connectivity index (χ1n) is 29.8. The highest BCUT2D eigenvalue weighted by molar-refractivity contribution is 5.71. The van der Waals surface area contributed by atoms with Crippen LogP contribution in [-0.4, -0.2) is 37.2 Å². The average Bonchev–Trinajstić information content (AvgIpc) is 3.35. The summed E-state index contributed by atoms with van der Waals surface area (Å²) >= 11 is 0. The number of hydrogen-bond donors (Lipinski definition) is 0. The molecule has 0 spiro atoms. The molecular formula is C63H112O6. The highest BCUT2D eigenvalue weighted by Gasteiger charge is 2.19. The zero-order valence-electron chi connectivity index (χ0n) is 45.8. The third kappa shape index (κ3) is 55.9. The molecule has 6 heteroatoms. The van der Waals surface area contributed by atoms with Gasteiger partial charge in [0.05, 0.1) is 0 Å². The third-order valence-corrected chi connectivity index (χ3v) is 13.0. The second-order valence-electron chi connectivity index (χ2n) is 19.9. The molecule has 0 fully saturated rings. The van der Waals surface area contributed by atoms with Crippen LogP contribution in [0.5, 0.6) is 0 Å². The lowest BCUT2D eigenvalue weighted by molar-refractivity contribution is -0.167. The molecule has 0 aliphatic heterocycles. The van der Waals surface area contributed by atoms with Gasteiger partial charge in [0.15, 0.2) is 6.10 Å². The minimum absolute atomic E-state index is 0.0821.